The molecule has 8 heteroatoms. The van der Waals surface area contributed by atoms with Crippen LogP contribution in [0.3, 0.4) is 0 Å². The van der Waals surface area contributed by atoms with Crippen LogP contribution in [0.25, 0.3) is 0 Å². The van der Waals surface area contributed by atoms with Crippen molar-refractivity contribution < 1.29 is 17.8 Å². The summed E-state index contributed by atoms with van der Waals surface area (Å²) in [5.41, 5.74) is 0. The molecule has 1 aromatic rings. The maximum atomic E-state index is 11.5. The predicted octanol–water partition coefficient (Wildman–Crippen LogP) is 0.855. The number of hydrogen-bond acceptors (Lipinski definition) is 6. The van der Waals surface area contributed by atoms with E-state index >= 15 is 0 Å². The van der Waals surface area contributed by atoms with Crippen LogP contribution in [0, 0.1) is 10.1 Å². The smallest absolute Gasteiger partial charge is 0.404 e. The molecular formula is C10H14N2O5S. The first-order valence-corrected chi connectivity index (χ1v) is 7.36. The highest BCUT2D eigenvalue weighted by atomic mass is 32.2. The molecule has 1 N–H and O–H groups in total. The first kappa shape index (κ1) is 13.0. The Morgan fingerprint density at radius 3 is 2.83 bits per heavy atom. The van der Waals surface area contributed by atoms with Gasteiger partial charge in [-0.2, -0.15) is 0 Å². The monoisotopic (exact) mass is 274 g/mol. The molecule has 0 aromatic carbocycles. The van der Waals surface area contributed by atoms with Crippen molar-refractivity contribution in [3.8, 4) is 0 Å². The number of nitro groups is 1. The van der Waals surface area contributed by atoms with Gasteiger partial charge in [-0.3, -0.25) is 10.1 Å². The van der Waals surface area contributed by atoms with Crippen molar-refractivity contribution in [3.63, 3.8) is 0 Å². The molecule has 100 valence electrons. The van der Waals surface area contributed by atoms with Crippen LogP contribution in [0.2, 0.25) is 0 Å². The van der Waals surface area contributed by atoms with Crippen molar-refractivity contribution in [3.05, 3.63) is 28.0 Å². The van der Waals surface area contributed by atoms with Crippen LogP contribution in [0.4, 0.5) is 5.88 Å². The van der Waals surface area contributed by atoms with Gasteiger partial charge in [0.2, 0.25) is 0 Å². The topological polar surface area (TPSA) is 102 Å². The molecule has 1 aromatic heterocycles. The van der Waals surface area contributed by atoms with Crippen LogP contribution in [0.15, 0.2) is 16.5 Å². The van der Waals surface area contributed by atoms with Gasteiger partial charge in [0.15, 0.2) is 9.84 Å². The summed E-state index contributed by atoms with van der Waals surface area (Å²) in [6.45, 7) is 0.649. The van der Waals surface area contributed by atoms with Crippen molar-refractivity contribution in [1.82, 2.24) is 5.32 Å². The summed E-state index contributed by atoms with van der Waals surface area (Å²) >= 11 is 0. The lowest BCUT2D eigenvalue weighted by Crippen LogP contribution is -2.30. The fraction of sp³-hybridized carbons (Fsp3) is 0.600. The summed E-state index contributed by atoms with van der Waals surface area (Å²) in [6.07, 6.45) is 1.38. The lowest BCUT2D eigenvalue weighted by molar-refractivity contribution is -0.402. The number of sulfone groups is 1. The average molecular weight is 274 g/mol. The Morgan fingerprint density at radius 1 is 1.50 bits per heavy atom. The quantitative estimate of drug-likeness (QED) is 0.631. The highest BCUT2D eigenvalue weighted by molar-refractivity contribution is 7.92. The molecule has 1 saturated heterocycles. The minimum absolute atomic E-state index is 0.256. The molecular weight excluding hydrogens is 260 g/mol. The van der Waals surface area contributed by atoms with Crippen LogP contribution in [-0.4, -0.2) is 30.9 Å². The largest absolute Gasteiger partial charge is 0.433 e. The van der Waals surface area contributed by atoms with E-state index in [1.54, 1.807) is 0 Å². The third kappa shape index (κ3) is 2.88. The zero-order valence-electron chi connectivity index (χ0n) is 9.66. The number of rotatable bonds is 5. The second kappa shape index (κ2) is 5.07. The molecule has 1 atom stereocenters. The number of nitrogens with one attached hydrogen (secondary N) is 1. The SMILES string of the molecule is O=[N+]([O-])c1ccc(CNCC2CCCS2(=O)=O)o1. The summed E-state index contributed by atoms with van der Waals surface area (Å²) in [5.74, 6) is 0.378. The van der Waals surface area contributed by atoms with Crippen LogP contribution in [0.5, 0.6) is 0 Å². The fourth-order valence-electron chi connectivity index (χ4n) is 2.00. The lowest BCUT2D eigenvalue weighted by Gasteiger charge is -2.09. The molecule has 1 fully saturated rings. The minimum Gasteiger partial charge on any atom is -0.404 e. The van der Waals surface area contributed by atoms with Crippen molar-refractivity contribution in [2.45, 2.75) is 24.6 Å². The Hall–Kier alpha value is -1.41. The van der Waals surface area contributed by atoms with E-state index in [-0.39, 0.29) is 16.9 Å². The molecule has 1 aliphatic heterocycles. The number of furan rings is 1. The Labute approximate surface area is 104 Å². The molecule has 0 saturated carbocycles. The van der Waals surface area contributed by atoms with Crippen LogP contribution < -0.4 is 5.32 Å². The number of nitrogens with zero attached hydrogens (tertiary/aromatic N) is 1. The van der Waals surface area contributed by atoms with Crippen LogP contribution in [0.1, 0.15) is 18.6 Å². The maximum Gasteiger partial charge on any atom is 0.433 e. The molecule has 0 aliphatic carbocycles. The summed E-state index contributed by atoms with van der Waals surface area (Å²) in [5, 5.41) is 13.0. The molecule has 0 spiro atoms. The summed E-state index contributed by atoms with van der Waals surface area (Å²) < 4.78 is 28.0. The van der Waals surface area contributed by atoms with Gasteiger partial charge in [0.1, 0.15) is 10.7 Å². The van der Waals surface area contributed by atoms with E-state index in [4.69, 9.17) is 4.42 Å². The van der Waals surface area contributed by atoms with Crippen molar-refractivity contribution in [1.29, 1.82) is 0 Å². The normalized spacial score (nSPS) is 22.1. The summed E-state index contributed by atoms with van der Waals surface area (Å²) in [6, 6.07) is 2.79. The second-order valence-corrected chi connectivity index (χ2v) is 6.66. The van der Waals surface area contributed by atoms with Crippen LogP contribution >= 0.6 is 0 Å². The molecule has 0 bridgehead atoms. The van der Waals surface area contributed by atoms with E-state index in [0.717, 1.165) is 0 Å². The molecule has 2 heterocycles. The fourth-order valence-corrected chi connectivity index (χ4v) is 3.80. The lowest BCUT2D eigenvalue weighted by atomic mass is 10.2. The van der Waals surface area contributed by atoms with E-state index < -0.39 is 14.8 Å². The van der Waals surface area contributed by atoms with Gasteiger partial charge in [-0.25, -0.2) is 8.42 Å². The highest BCUT2D eigenvalue weighted by Gasteiger charge is 2.30. The molecule has 7 nitrogen and oxygen atoms in total. The zero-order chi connectivity index (χ0) is 13.2. The third-order valence-corrected chi connectivity index (χ3v) is 5.24. The van der Waals surface area contributed by atoms with Gasteiger partial charge < -0.3 is 9.73 Å². The van der Waals surface area contributed by atoms with E-state index in [9.17, 15) is 18.5 Å². The summed E-state index contributed by atoms with van der Waals surface area (Å²) in [7, 11) is -2.95. The Balaban J connectivity index is 1.83. The molecule has 0 radical (unpaired) electrons. The second-order valence-electron chi connectivity index (χ2n) is 4.26. The van der Waals surface area contributed by atoms with Crippen molar-refractivity contribution >= 4 is 15.7 Å². The van der Waals surface area contributed by atoms with E-state index in [0.29, 0.717) is 31.7 Å². The van der Waals surface area contributed by atoms with Crippen LogP contribution in [-0.2, 0) is 16.4 Å². The minimum atomic E-state index is -2.95. The molecule has 2 rings (SSSR count). The Morgan fingerprint density at radius 2 is 2.28 bits per heavy atom. The van der Waals surface area contributed by atoms with Gasteiger partial charge in [0.25, 0.3) is 0 Å². The maximum absolute atomic E-state index is 11.5. The molecule has 18 heavy (non-hydrogen) atoms. The van der Waals surface area contributed by atoms with E-state index in [2.05, 4.69) is 5.32 Å². The van der Waals surface area contributed by atoms with Gasteiger partial charge >= 0.3 is 5.88 Å². The molecule has 1 unspecified atom stereocenters. The van der Waals surface area contributed by atoms with Gasteiger partial charge in [0.05, 0.1) is 23.6 Å². The first-order valence-electron chi connectivity index (χ1n) is 5.64. The Kier molecular flexibility index (Phi) is 3.67. The first-order chi connectivity index (χ1) is 8.49. The van der Waals surface area contributed by atoms with Gasteiger partial charge in [0, 0.05) is 6.54 Å². The zero-order valence-corrected chi connectivity index (χ0v) is 10.5. The van der Waals surface area contributed by atoms with Crippen molar-refractivity contribution in [2.24, 2.45) is 0 Å². The molecule has 1 aliphatic rings. The predicted molar refractivity (Wildman–Crippen MR) is 63.9 cm³/mol. The highest BCUT2D eigenvalue weighted by Crippen LogP contribution is 2.19. The third-order valence-electron chi connectivity index (χ3n) is 2.96. The van der Waals surface area contributed by atoms with Gasteiger partial charge in [-0.1, -0.05) is 0 Å². The standard InChI is InChI=1S/C10H14N2O5S/c13-12(14)10-4-3-8(17-10)6-11-7-9-2-1-5-18(9,15)16/h3-4,9,11H,1-2,5-7H2. The Bertz CT molecular complexity index is 536. The number of hydrogen-bond donors (Lipinski definition) is 1. The van der Waals surface area contributed by atoms with E-state index in [1.807, 2.05) is 0 Å². The molecule has 0 amide bonds. The van der Waals surface area contributed by atoms with Crippen molar-refractivity contribution in [2.75, 3.05) is 12.3 Å². The van der Waals surface area contributed by atoms with Gasteiger partial charge in [-0.05, 0) is 18.9 Å². The van der Waals surface area contributed by atoms with E-state index in [1.165, 1.54) is 12.1 Å². The summed E-state index contributed by atoms with van der Waals surface area (Å²) in [4.78, 5) is 9.79. The van der Waals surface area contributed by atoms with Gasteiger partial charge in [-0.15, -0.1) is 0 Å². The average Bonchev–Trinajstić information content (AvgIpc) is 2.86.